The second kappa shape index (κ2) is 11.2. The molecule has 2 aromatic rings. The van der Waals surface area contributed by atoms with Gasteiger partial charge in [0.1, 0.15) is 17.1 Å². The van der Waals surface area contributed by atoms with Gasteiger partial charge in [-0.1, -0.05) is 40.3 Å². The van der Waals surface area contributed by atoms with E-state index in [9.17, 15) is 19.5 Å². The maximum absolute atomic E-state index is 12.9. The molecule has 2 aliphatic rings. The average molecular weight is 583 g/mol. The first-order chi connectivity index (χ1) is 17.6. The van der Waals surface area contributed by atoms with Gasteiger partial charge in [0.05, 0.1) is 23.4 Å². The second-order valence-corrected chi connectivity index (χ2v) is 11.1. The fourth-order valence-electron chi connectivity index (χ4n) is 3.95. The number of hydrogen-bond acceptors (Lipinski definition) is 8. The molecule has 0 bridgehead atoms. The Hall–Kier alpha value is -2.93. The number of β-lactam (4-membered cyclic amide) rings is 1. The number of aryl methyl sites for hydroxylation is 1. The van der Waals surface area contributed by atoms with Crippen LogP contribution < -0.4 is 21.4 Å². The van der Waals surface area contributed by atoms with Crippen molar-refractivity contribution >= 4 is 76.1 Å². The topological polar surface area (TPSA) is 156 Å². The Morgan fingerprint density at radius 2 is 2.11 bits per heavy atom. The number of thioether (sulfide) groups is 2. The first-order valence-corrected chi connectivity index (χ1v) is 13.7. The number of hydrogen-bond donors (Lipinski definition) is 4. The van der Waals surface area contributed by atoms with Gasteiger partial charge in [-0.25, -0.2) is 9.36 Å². The third-order valence-corrected chi connectivity index (χ3v) is 8.70. The van der Waals surface area contributed by atoms with E-state index in [2.05, 4.69) is 10.3 Å². The number of carboxylic acid groups (broad SMARTS) is 1. The van der Waals surface area contributed by atoms with E-state index in [0.717, 1.165) is 0 Å². The summed E-state index contributed by atoms with van der Waals surface area (Å²) in [6.45, 7) is 2.11. The Balaban J connectivity index is 1.42. The van der Waals surface area contributed by atoms with Crippen LogP contribution in [0, 0.1) is 6.92 Å². The number of carboxylic acids is 1. The Morgan fingerprint density at radius 3 is 2.81 bits per heavy atom. The molecule has 0 radical (unpaired) electrons. The highest BCUT2D eigenvalue weighted by Crippen LogP contribution is 2.40. The molecule has 1 fully saturated rings. The van der Waals surface area contributed by atoms with Crippen LogP contribution in [0.1, 0.15) is 5.82 Å². The van der Waals surface area contributed by atoms with Gasteiger partial charge in [0.2, 0.25) is 23.4 Å². The molecule has 2 aliphatic heterocycles. The molecule has 10 nitrogen and oxygen atoms in total. The van der Waals surface area contributed by atoms with Crippen LogP contribution in [0.5, 0.6) is 0 Å². The standard InChI is InChI=1S/C23H22Cl2N6O4S2/c1-11-28-16(26)8-17(27)30(11)6-2-3-12-9-37-22-19(21(33)31(22)20(12)23(34)35)29-18(32)10-36-15-7-13(24)4-5-14(15)25/h2-5,7-8,19,22H,6,9-10H2,1H3,(H5,26,27,29,32,34,35)/p+1/t19-,22-/m1/s1. The number of nitrogen functional groups attached to an aromatic ring is 2. The van der Waals surface area contributed by atoms with Crippen molar-refractivity contribution in [1.82, 2.24) is 15.2 Å². The number of nitrogens with two attached hydrogens (primary N) is 2. The van der Waals surface area contributed by atoms with E-state index in [0.29, 0.717) is 50.3 Å². The minimum Gasteiger partial charge on any atom is -0.477 e. The van der Waals surface area contributed by atoms with Gasteiger partial charge in [0.25, 0.3) is 5.91 Å². The van der Waals surface area contributed by atoms with E-state index in [1.54, 1.807) is 47.9 Å². The lowest BCUT2D eigenvalue weighted by molar-refractivity contribution is -0.681. The van der Waals surface area contributed by atoms with Crippen molar-refractivity contribution < 1.29 is 24.1 Å². The lowest BCUT2D eigenvalue weighted by Gasteiger charge is -2.49. The number of benzene rings is 1. The summed E-state index contributed by atoms with van der Waals surface area (Å²) in [5, 5.41) is 13.0. The van der Waals surface area contributed by atoms with Gasteiger partial charge < -0.3 is 21.9 Å². The summed E-state index contributed by atoms with van der Waals surface area (Å²) in [7, 11) is 0. The Morgan fingerprint density at radius 1 is 1.35 bits per heavy atom. The van der Waals surface area contributed by atoms with Crippen molar-refractivity contribution in [2.45, 2.75) is 29.8 Å². The molecule has 1 aromatic heterocycles. The molecule has 14 heteroatoms. The third-order valence-electron chi connectivity index (χ3n) is 5.66. The van der Waals surface area contributed by atoms with Crippen LogP contribution in [-0.2, 0) is 20.9 Å². The summed E-state index contributed by atoms with van der Waals surface area (Å²) in [6, 6.07) is 5.68. The number of nitrogens with one attached hydrogen (secondary N) is 1. The van der Waals surface area contributed by atoms with Gasteiger partial charge >= 0.3 is 5.97 Å². The molecule has 194 valence electrons. The minimum atomic E-state index is -1.22. The highest BCUT2D eigenvalue weighted by molar-refractivity contribution is 8.00. The number of anilines is 2. The first-order valence-electron chi connectivity index (χ1n) is 10.9. The summed E-state index contributed by atoms with van der Waals surface area (Å²) < 4.78 is 1.72. The van der Waals surface area contributed by atoms with E-state index >= 15 is 0 Å². The highest BCUT2D eigenvalue weighted by Gasteiger charge is 2.53. The monoisotopic (exact) mass is 581 g/mol. The largest absolute Gasteiger partial charge is 0.477 e. The van der Waals surface area contributed by atoms with Crippen molar-refractivity contribution in [3.8, 4) is 0 Å². The molecule has 3 heterocycles. The normalized spacial score (nSPS) is 19.1. The summed E-state index contributed by atoms with van der Waals surface area (Å²) in [5.41, 5.74) is 12.1. The fraction of sp³-hybridized carbons (Fsp3) is 0.261. The summed E-state index contributed by atoms with van der Waals surface area (Å²) in [6.07, 6.45) is 3.42. The number of halogens is 2. The van der Waals surface area contributed by atoms with Crippen LogP contribution in [0.2, 0.25) is 10.0 Å². The summed E-state index contributed by atoms with van der Waals surface area (Å²) in [4.78, 5) is 43.5. The molecule has 0 spiro atoms. The van der Waals surface area contributed by atoms with Crippen molar-refractivity contribution in [1.29, 1.82) is 0 Å². The van der Waals surface area contributed by atoms with Crippen LogP contribution in [-0.4, -0.2) is 55.7 Å². The van der Waals surface area contributed by atoms with E-state index < -0.39 is 23.3 Å². The molecule has 4 rings (SSSR count). The van der Waals surface area contributed by atoms with Crippen LogP contribution in [0.4, 0.5) is 11.6 Å². The fourth-order valence-corrected chi connectivity index (χ4v) is 6.57. The number of carbonyl (C=O) groups excluding carboxylic acids is 2. The zero-order chi connectivity index (χ0) is 26.9. The zero-order valence-electron chi connectivity index (χ0n) is 19.5. The third kappa shape index (κ3) is 5.82. The Kier molecular flexibility index (Phi) is 8.22. The summed E-state index contributed by atoms with van der Waals surface area (Å²) >= 11 is 14.7. The van der Waals surface area contributed by atoms with Gasteiger partial charge in [-0.3, -0.25) is 14.5 Å². The van der Waals surface area contributed by atoms with Crippen molar-refractivity contribution in [3.05, 3.63) is 63.6 Å². The molecule has 1 saturated heterocycles. The number of nitrogens with zero attached hydrogens (tertiary/aromatic N) is 3. The van der Waals surface area contributed by atoms with Gasteiger partial charge in [-0.2, -0.15) is 0 Å². The van der Waals surface area contributed by atoms with E-state index in [1.807, 2.05) is 0 Å². The predicted molar refractivity (Wildman–Crippen MR) is 144 cm³/mol. The predicted octanol–water partition coefficient (Wildman–Crippen LogP) is 2.24. The zero-order valence-corrected chi connectivity index (χ0v) is 22.6. The lowest BCUT2D eigenvalue weighted by Crippen LogP contribution is -2.70. The van der Waals surface area contributed by atoms with Crippen LogP contribution >= 0.6 is 46.7 Å². The number of fused-ring (bicyclic) bond motifs is 1. The minimum absolute atomic E-state index is 0.0249. The molecule has 6 N–H and O–H groups in total. The lowest BCUT2D eigenvalue weighted by atomic mass is 10.0. The maximum atomic E-state index is 12.9. The molecule has 0 saturated carbocycles. The molecule has 0 aliphatic carbocycles. The number of aliphatic carboxylic acids is 1. The van der Waals surface area contributed by atoms with E-state index in [4.69, 9.17) is 34.7 Å². The van der Waals surface area contributed by atoms with Gasteiger partial charge in [0, 0.05) is 22.6 Å². The molecular weight excluding hydrogens is 559 g/mol. The maximum Gasteiger partial charge on any atom is 0.352 e. The van der Waals surface area contributed by atoms with Crippen molar-refractivity contribution in [2.24, 2.45) is 0 Å². The number of carbonyl (C=O) groups is 3. The van der Waals surface area contributed by atoms with E-state index in [1.165, 1.54) is 28.4 Å². The smallest absolute Gasteiger partial charge is 0.352 e. The quantitative estimate of drug-likeness (QED) is 0.208. The van der Waals surface area contributed by atoms with E-state index in [-0.39, 0.29) is 17.4 Å². The van der Waals surface area contributed by atoms with Crippen molar-refractivity contribution in [2.75, 3.05) is 23.0 Å². The molecule has 1 aromatic carbocycles. The molecule has 37 heavy (non-hydrogen) atoms. The molecule has 0 unspecified atom stereocenters. The Bertz CT molecular complexity index is 1330. The SMILES string of the molecule is Cc1nc(N)cc(N)[n+]1CC=CC1=C(C(=O)O)N2C(=O)[C@@H](NC(=O)CSc3cc(Cl)ccc3Cl)[C@H]2SC1. The molecule has 2 amide bonds. The second-order valence-electron chi connectivity index (χ2n) is 8.16. The van der Waals surface area contributed by atoms with Gasteiger partial charge in [-0.15, -0.1) is 23.5 Å². The van der Waals surface area contributed by atoms with Crippen molar-refractivity contribution in [3.63, 3.8) is 0 Å². The number of rotatable bonds is 8. The van der Waals surface area contributed by atoms with Crippen LogP contribution in [0.15, 0.2) is 52.6 Å². The molecule has 2 atom stereocenters. The molecular formula is C23H23Cl2N6O4S2+. The number of aromatic nitrogens is 2. The van der Waals surface area contributed by atoms with Crippen LogP contribution in [0.25, 0.3) is 0 Å². The summed E-state index contributed by atoms with van der Waals surface area (Å²) in [5.74, 6) is -0.336. The first kappa shape index (κ1) is 27.1. The number of amides is 2. The number of allylic oxidation sites excluding steroid dienone is 2. The van der Waals surface area contributed by atoms with Gasteiger partial charge in [-0.05, 0) is 23.8 Å². The Labute approximate surface area is 231 Å². The van der Waals surface area contributed by atoms with Gasteiger partial charge in [0.15, 0.2) is 0 Å². The highest BCUT2D eigenvalue weighted by atomic mass is 35.5. The average Bonchev–Trinajstić information content (AvgIpc) is 2.83. The van der Waals surface area contributed by atoms with Crippen LogP contribution in [0.3, 0.4) is 0 Å².